The van der Waals surface area contributed by atoms with Crippen LogP contribution in [0.2, 0.25) is 0 Å². The number of nitrogens with one attached hydrogen (secondary N) is 1. The monoisotopic (exact) mass is 390 g/mol. The van der Waals surface area contributed by atoms with E-state index in [4.69, 9.17) is 0 Å². The number of thiophene rings is 1. The molecule has 0 spiro atoms. The Hall–Kier alpha value is -2.92. The van der Waals surface area contributed by atoms with Gasteiger partial charge in [-0.15, -0.1) is 11.3 Å². The quantitative estimate of drug-likeness (QED) is 0.625. The van der Waals surface area contributed by atoms with Crippen LogP contribution in [-0.2, 0) is 11.3 Å². The Bertz CT molecular complexity index is 959. The minimum absolute atomic E-state index is 0.00929. The molecule has 4 rings (SSSR count). The number of carbonyl (C=O) groups excluding carboxylic acids is 2. The summed E-state index contributed by atoms with van der Waals surface area (Å²) in [4.78, 5) is 27.5. The summed E-state index contributed by atoms with van der Waals surface area (Å²) in [6, 6.07) is 19.5. The lowest BCUT2D eigenvalue weighted by atomic mass is 10.1. The van der Waals surface area contributed by atoms with Crippen LogP contribution in [0.4, 0.5) is 11.4 Å². The maximum atomic E-state index is 13.1. The van der Waals surface area contributed by atoms with Gasteiger partial charge in [-0.2, -0.15) is 0 Å². The highest BCUT2D eigenvalue weighted by Gasteiger charge is 2.29. The molecule has 1 N–H and O–H groups in total. The molecular formula is C23H22N2O2S. The lowest BCUT2D eigenvalue weighted by Crippen LogP contribution is -2.29. The van der Waals surface area contributed by atoms with E-state index in [0.717, 1.165) is 35.3 Å². The van der Waals surface area contributed by atoms with Gasteiger partial charge in [0.2, 0.25) is 5.91 Å². The number of aryl methyl sites for hydroxylation is 1. The van der Waals surface area contributed by atoms with Gasteiger partial charge in [-0.3, -0.25) is 9.59 Å². The van der Waals surface area contributed by atoms with Crippen molar-refractivity contribution in [3.63, 3.8) is 0 Å². The average molecular weight is 391 g/mol. The normalized spacial score (nSPS) is 13.2. The fraction of sp³-hybridized carbons (Fsp3) is 0.217. The van der Waals surface area contributed by atoms with Gasteiger partial charge in [0.15, 0.2) is 0 Å². The molecule has 1 fully saturated rings. The Morgan fingerprint density at radius 2 is 1.75 bits per heavy atom. The molecule has 142 valence electrons. The van der Waals surface area contributed by atoms with E-state index in [0.29, 0.717) is 11.4 Å². The largest absolute Gasteiger partial charge is 0.326 e. The molecule has 4 nitrogen and oxygen atoms in total. The van der Waals surface area contributed by atoms with Crippen LogP contribution >= 0.6 is 11.3 Å². The third-order valence-electron chi connectivity index (χ3n) is 4.83. The first-order chi connectivity index (χ1) is 13.6. The third kappa shape index (κ3) is 4.31. The SMILES string of the molecule is Cc1ccc(N(Cc2ccc(NC(=O)C3CC3)cc2)C(=O)c2cccs2)cc1. The molecular weight excluding hydrogens is 368 g/mol. The third-order valence-corrected chi connectivity index (χ3v) is 5.69. The van der Waals surface area contributed by atoms with Crippen LogP contribution in [0.15, 0.2) is 66.0 Å². The molecule has 1 aromatic heterocycles. The predicted molar refractivity (Wildman–Crippen MR) is 114 cm³/mol. The minimum atomic E-state index is -0.00929. The van der Waals surface area contributed by atoms with Crippen molar-refractivity contribution in [1.29, 1.82) is 0 Å². The van der Waals surface area contributed by atoms with Crippen LogP contribution in [0.1, 0.15) is 33.6 Å². The molecule has 0 aliphatic heterocycles. The molecule has 0 saturated heterocycles. The van der Waals surface area contributed by atoms with Gasteiger partial charge in [0.1, 0.15) is 0 Å². The maximum absolute atomic E-state index is 13.1. The number of benzene rings is 2. The molecule has 28 heavy (non-hydrogen) atoms. The number of carbonyl (C=O) groups is 2. The van der Waals surface area contributed by atoms with Gasteiger partial charge in [-0.1, -0.05) is 35.9 Å². The Labute approximate surface area is 168 Å². The van der Waals surface area contributed by atoms with E-state index in [-0.39, 0.29) is 17.7 Å². The summed E-state index contributed by atoms with van der Waals surface area (Å²) in [6.07, 6.45) is 1.97. The minimum Gasteiger partial charge on any atom is -0.326 e. The van der Waals surface area contributed by atoms with Crippen LogP contribution in [0.25, 0.3) is 0 Å². The fourth-order valence-electron chi connectivity index (χ4n) is 3.00. The van der Waals surface area contributed by atoms with Gasteiger partial charge in [0.25, 0.3) is 5.91 Å². The van der Waals surface area contributed by atoms with Gasteiger partial charge in [0, 0.05) is 17.3 Å². The molecule has 0 atom stereocenters. The molecule has 1 saturated carbocycles. The lowest BCUT2D eigenvalue weighted by molar-refractivity contribution is -0.117. The van der Waals surface area contributed by atoms with E-state index in [1.807, 2.05) is 73.0 Å². The molecule has 3 aromatic rings. The van der Waals surface area contributed by atoms with Gasteiger partial charge >= 0.3 is 0 Å². The highest BCUT2D eigenvalue weighted by atomic mass is 32.1. The number of hydrogen-bond donors (Lipinski definition) is 1. The second kappa shape index (κ2) is 7.98. The standard InChI is InChI=1S/C23H22N2O2S/c1-16-4-12-20(13-5-16)25(23(27)21-3-2-14-28-21)15-17-6-10-19(11-7-17)24-22(26)18-8-9-18/h2-7,10-14,18H,8-9,15H2,1H3,(H,24,26). The van der Waals surface area contributed by atoms with Crippen molar-refractivity contribution in [2.45, 2.75) is 26.3 Å². The van der Waals surface area contributed by atoms with Crippen LogP contribution in [-0.4, -0.2) is 11.8 Å². The number of nitrogens with zero attached hydrogens (tertiary/aromatic N) is 1. The molecule has 0 radical (unpaired) electrons. The highest BCUT2D eigenvalue weighted by molar-refractivity contribution is 7.12. The molecule has 1 heterocycles. The summed E-state index contributed by atoms with van der Waals surface area (Å²) < 4.78 is 0. The maximum Gasteiger partial charge on any atom is 0.268 e. The average Bonchev–Trinajstić information content (AvgIpc) is 3.42. The number of rotatable bonds is 6. The summed E-state index contributed by atoms with van der Waals surface area (Å²) in [5.41, 5.74) is 3.83. The second-order valence-corrected chi connectivity index (χ2v) is 8.11. The summed E-state index contributed by atoms with van der Waals surface area (Å²) in [6.45, 7) is 2.50. The lowest BCUT2D eigenvalue weighted by Gasteiger charge is -2.23. The van der Waals surface area contributed by atoms with Crippen LogP contribution in [0.5, 0.6) is 0 Å². The van der Waals surface area contributed by atoms with Crippen LogP contribution in [0.3, 0.4) is 0 Å². The fourth-order valence-corrected chi connectivity index (χ4v) is 3.68. The van der Waals surface area contributed by atoms with Crippen molar-refractivity contribution in [1.82, 2.24) is 0 Å². The molecule has 2 aromatic carbocycles. The Morgan fingerprint density at radius 1 is 1.04 bits per heavy atom. The van der Waals surface area contributed by atoms with Crippen LogP contribution < -0.4 is 10.2 Å². The van der Waals surface area contributed by atoms with Crippen LogP contribution in [0, 0.1) is 12.8 Å². The first kappa shape index (κ1) is 18.4. The number of hydrogen-bond acceptors (Lipinski definition) is 3. The Balaban J connectivity index is 1.54. The topological polar surface area (TPSA) is 49.4 Å². The van der Waals surface area contributed by atoms with Crippen molar-refractivity contribution >= 4 is 34.5 Å². The van der Waals surface area contributed by atoms with E-state index in [1.165, 1.54) is 11.3 Å². The summed E-state index contributed by atoms with van der Waals surface area (Å²) in [5, 5.41) is 4.86. The number of anilines is 2. The van der Waals surface area contributed by atoms with E-state index in [9.17, 15) is 9.59 Å². The van der Waals surface area contributed by atoms with Gasteiger partial charge in [-0.05, 0) is 61.0 Å². The predicted octanol–water partition coefficient (Wildman–Crippen LogP) is 5.25. The first-order valence-electron chi connectivity index (χ1n) is 9.42. The summed E-state index contributed by atoms with van der Waals surface area (Å²) in [5.74, 6) is 0.270. The van der Waals surface area contributed by atoms with E-state index >= 15 is 0 Å². The zero-order valence-corrected chi connectivity index (χ0v) is 16.5. The first-order valence-corrected chi connectivity index (χ1v) is 10.3. The van der Waals surface area contributed by atoms with Crippen molar-refractivity contribution in [2.75, 3.05) is 10.2 Å². The van der Waals surface area contributed by atoms with Gasteiger partial charge < -0.3 is 10.2 Å². The molecule has 0 unspecified atom stereocenters. The van der Waals surface area contributed by atoms with E-state index < -0.39 is 0 Å². The summed E-state index contributed by atoms with van der Waals surface area (Å²) in [7, 11) is 0. The van der Waals surface area contributed by atoms with Crippen molar-refractivity contribution < 1.29 is 9.59 Å². The van der Waals surface area contributed by atoms with Gasteiger partial charge in [-0.25, -0.2) is 0 Å². The smallest absolute Gasteiger partial charge is 0.268 e. The number of amides is 2. The van der Waals surface area contributed by atoms with Gasteiger partial charge in [0.05, 0.1) is 11.4 Å². The molecule has 1 aliphatic rings. The van der Waals surface area contributed by atoms with Crippen molar-refractivity contribution in [3.8, 4) is 0 Å². The molecule has 0 bridgehead atoms. The molecule has 1 aliphatic carbocycles. The highest BCUT2D eigenvalue weighted by Crippen LogP contribution is 2.30. The Kier molecular flexibility index (Phi) is 5.26. The zero-order chi connectivity index (χ0) is 19.5. The zero-order valence-electron chi connectivity index (χ0n) is 15.7. The van der Waals surface area contributed by atoms with E-state index in [1.54, 1.807) is 4.90 Å². The summed E-state index contributed by atoms with van der Waals surface area (Å²) >= 11 is 1.45. The molecule has 2 amide bonds. The van der Waals surface area contributed by atoms with Crippen molar-refractivity contribution in [2.24, 2.45) is 5.92 Å². The Morgan fingerprint density at radius 3 is 2.36 bits per heavy atom. The van der Waals surface area contributed by atoms with Crippen molar-refractivity contribution in [3.05, 3.63) is 82.0 Å². The molecule has 5 heteroatoms. The second-order valence-electron chi connectivity index (χ2n) is 7.16. The van der Waals surface area contributed by atoms with E-state index in [2.05, 4.69) is 5.32 Å².